The zero-order valence-corrected chi connectivity index (χ0v) is 21.3. The van der Waals surface area contributed by atoms with E-state index >= 15 is 0 Å². The first-order valence-electron chi connectivity index (χ1n) is 11.5. The summed E-state index contributed by atoms with van der Waals surface area (Å²) in [5.74, 6) is 0.845. The first-order valence-corrected chi connectivity index (χ1v) is 13.7. The summed E-state index contributed by atoms with van der Waals surface area (Å²) in [6.45, 7) is 0. The summed E-state index contributed by atoms with van der Waals surface area (Å²) in [6, 6.07) is 11.8. The molecule has 1 heterocycles. The van der Waals surface area contributed by atoms with Crippen LogP contribution in [0.2, 0.25) is 5.02 Å². The van der Waals surface area contributed by atoms with Crippen LogP contribution in [0.5, 0.6) is 0 Å². The lowest BCUT2D eigenvalue weighted by atomic mass is 9.78. The van der Waals surface area contributed by atoms with Gasteiger partial charge in [-0.15, -0.1) is 11.8 Å². The van der Waals surface area contributed by atoms with Crippen LogP contribution >= 0.6 is 39.3 Å². The molecule has 0 spiro atoms. The van der Waals surface area contributed by atoms with E-state index in [0.717, 1.165) is 41.5 Å². The maximum atomic E-state index is 14.7. The molecule has 1 aliphatic heterocycles. The number of hydrogen-bond acceptors (Lipinski definition) is 1. The molecule has 0 amide bonds. The van der Waals surface area contributed by atoms with Crippen LogP contribution in [0.4, 0.5) is 4.39 Å². The van der Waals surface area contributed by atoms with Gasteiger partial charge in [0.1, 0.15) is 5.82 Å². The third-order valence-electron chi connectivity index (χ3n) is 7.10. The fraction of sp³-hybridized carbons (Fsp3) is 0.241. The van der Waals surface area contributed by atoms with Crippen LogP contribution in [0.15, 0.2) is 64.7 Å². The molecule has 0 N–H and O–H groups in total. The van der Waals surface area contributed by atoms with E-state index in [-0.39, 0.29) is 5.82 Å². The van der Waals surface area contributed by atoms with E-state index in [1.54, 1.807) is 17.7 Å². The van der Waals surface area contributed by atoms with Gasteiger partial charge in [-0.25, -0.2) is 4.39 Å². The average molecular weight is 538 g/mol. The average Bonchev–Trinajstić information content (AvgIpc) is 3.35. The predicted molar refractivity (Wildman–Crippen MR) is 145 cm³/mol. The number of fused-ring (bicyclic) bond motifs is 4. The van der Waals surface area contributed by atoms with Crippen LogP contribution in [0, 0.1) is 5.82 Å². The minimum atomic E-state index is -0.248. The van der Waals surface area contributed by atoms with Crippen molar-refractivity contribution in [3.63, 3.8) is 0 Å². The van der Waals surface area contributed by atoms with E-state index in [9.17, 15) is 4.39 Å². The molecule has 0 saturated heterocycles. The smallest absolute Gasteiger partial charge is 0.128 e. The predicted octanol–water partition coefficient (Wildman–Crippen LogP) is 9.51. The third-order valence-corrected chi connectivity index (χ3v) is 9.28. The van der Waals surface area contributed by atoms with Gasteiger partial charge in [-0.1, -0.05) is 69.5 Å². The Kier molecular flexibility index (Phi) is 5.76. The van der Waals surface area contributed by atoms with Gasteiger partial charge < -0.3 is 0 Å². The van der Waals surface area contributed by atoms with Gasteiger partial charge in [0.2, 0.25) is 0 Å². The number of allylic oxidation sites excluding steroid dienone is 5. The fourth-order valence-electron chi connectivity index (χ4n) is 5.52. The van der Waals surface area contributed by atoms with E-state index < -0.39 is 0 Å². The van der Waals surface area contributed by atoms with Crippen molar-refractivity contribution in [1.29, 1.82) is 0 Å². The van der Waals surface area contributed by atoms with Gasteiger partial charge in [0.25, 0.3) is 0 Å². The van der Waals surface area contributed by atoms with Gasteiger partial charge in [0.05, 0.1) is 0 Å². The lowest BCUT2D eigenvalue weighted by Crippen LogP contribution is -2.08. The molecule has 2 aliphatic carbocycles. The van der Waals surface area contributed by atoms with Crippen LogP contribution in [-0.4, -0.2) is 5.75 Å². The molecule has 33 heavy (non-hydrogen) atoms. The highest BCUT2D eigenvalue weighted by atomic mass is 79.9. The maximum absolute atomic E-state index is 14.7. The van der Waals surface area contributed by atoms with Crippen molar-refractivity contribution in [2.75, 3.05) is 5.75 Å². The topological polar surface area (TPSA) is 0 Å². The summed E-state index contributed by atoms with van der Waals surface area (Å²) in [5.41, 5.74) is 8.77. The second kappa shape index (κ2) is 8.76. The van der Waals surface area contributed by atoms with Gasteiger partial charge in [0, 0.05) is 37.7 Å². The Morgan fingerprint density at radius 1 is 1.00 bits per heavy atom. The lowest BCUT2D eigenvalue weighted by molar-refractivity contribution is 0.614. The van der Waals surface area contributed by atoms with Crippen molar-refractivity contribution >= 4 is 60.5 Å². The summed E-state index contributed by atoms with van der Waals surface area (Å²) < 4.78 is 15.8. The Bertz CT molecular complexity index is 1380. The second-order valence-electron chi connectivity index (χ2n) is 8.94. The highest BCUT2D eigenvalue weighted by Crippen LogP contribution is 2.47. The second-order valence-corrected chi connectivity index (χ2v) is 11.3. The van der Waals surface area contributed by atoms with Gasteiger partial charge in [0.15, 0.2) is 0 Å². The molecule has 0 atom stereocenters. The number of aryl methyl sites for hydroxylation is 1. The van der Waals surface area contributed by atoms with Gasteiger partial charge >= 0.3 is 0 Å². The Hall–Kier alpha value is -1.81. The Balaban J connectivity index is 1.60. The first kappa shape index (κ1) is 21.7. The zero-order valence-electron chi connectivity index (χ0n) is 18.2. The van der Waals surface area contributed by atoms with Crippen molar-refractivity contribution < 1.29 is 4.39 Å². The third kappa shape index (κ3) is 3.73. The fourth-order valence-corrected chi connectivity index (χ4v) is 7.38. The molecule has 0 aromatic heterocycles. The van der Waals surface area contributed by atoms with Crippen LogP contribution in [0.1, 0.15) is 53.5 Å². The van der Waals surface area contributed by atoms with Crippen LogP contribution in [0.3, 0.4) is 0 Å². The Morgan fingerprint density at radius 2 is 1.91 bits per heavy atom. The molecular weight excluding hydrogens is 515 g/mol. The number of benzene rings is 3. The molecule has 3 aromatic rings. The maximum Gasteiger partial charge on any atom is 0.128 e. The zero-order chi connectivity index (χ0) is 22.5. The van der Waals surface area contributed by atoms with E-state index in [2.05, 4.69) is 52.4 Å². The van der Waals surface area contributed by atoms with E-state index in [0.29, 0.717) is 17.0 Å². The number of thioether (sulfide) groups is 1. The Labute approximate surface area is 211 Å². The molecule has 0 nitrogen and oxygen atoms in total. The van der Waals surface area contributed by atoms with Crippen molar-refractivity contribution in [3.8, 4) is 0 Å². The lowest BCUT2D eigenvalue weighted by Gasteiger charge is -2.27. The van der Waals surface area contributed by atoms with Gasteiger partial charge in [-0.05, 0) is 83.3 Å². The Morgan fingerprint density at radius 3 is 2.73 bits per heavy atom. The molecule has 0 radical (unpaired) electrons. The molecule has 166 valence electrons. The number of rotatable bonds is 3. The molecule has 4 heteroatoms. The van der Waals surface area contributed by atoms with Crippen molar-refractivity contribution in [3.05, 3.63) is 103 Å². The largest absolute Gasteiger partial charge is 0.207 e. The number of hydrogen-bond donors (Lipinski definition) is 0. The molecule has 0 bridgehead atoms. The molecular formula is C29H23BrClFS. The number of halogens is 3. The summed E-state index contributed by atoms with van der Waals surface area (Å²) >= 11 is 12.2. The standard InChI is InChI=1S/C29H23BrClFS/c30-25-16-22-20-11-10-17-5-1-2-6-18(17)19(20)12-13-21(22)29(28-9-4-14-33-28)23(25)15-24-26(31)7-3-8-27(24)32/h2-3,6-9,12-13,16H,1,4-5,10-11,14-15H2. The van der Waals surface area contributed by atoms with Crippen LogP contribution in [0.25, 0.3) is 21.3 Å². The normalized spacial score (nSPS) is 17.4. The summed E-state index contributed by atoms with van der Waals surface area (Å²) in [5, 5.41) is 3.07. The molecule has 0 saturated carbocycles. The van der Waals surface area contributed by atoms with Crippen LogP contribution in [-0.2, 0) is 12.8 Å². The van der Waals surface area contributed by atoms with E-state index in [1.807, 2.05) is 11.8 Å². The van der Waals surface area contributed by atoms with Crippen molar-refractivity contribution in [2.24, 2.45) is 0 Å². The van der Waals surface area contributed by atoms with Gasteiger partial charge in [-0.2, -0.15) is 0 Å². The highest BCUT2D eigenvalue weighted by molar-refractivity contribution is 9.10. The molecule has 3 aliphatic rings. The summed E-state index contributed by atoms with van der Waals surface area (Å²) in [7, 11) is 0. The summed E-state index contributed by atoms with van der Waals surface area (Å²) in [6.07, 6.45) is 13.1. The molecule has 3 aromatic carbocycles. The SMILES string of the molecule is Fc1cccc(Cl)c1Cc1c(Br)cc2c3c(ccc2c1C1=CCCS1)C1=C(CCC=C1)CC3. The summed E-state index contributed by atoms with van der Waals surface area (Å²) in [4.78, 5) is 1.30. The van der Waals surface area contributed by atoms with Crippen molar-refractivity contribution in [1.82, 2.24) is 0 Å². The molecule has 0 fully saturated rings. The van der Waals surface area contributed by atoms with E-state index in [1.165, 1.54) is 50.4 Å². The van der Waals surface area contributed by atoms with E-state index in [4.69, 9.17) is 11.6 Å². The van der Waals surface area contributed by atoms with Crippen LogP contribution < -0.4 is 0 Å². The highest BCUT2D eigenvalue weighted by Gasteiger charge is 2.25. The monoisotopic (exact) mass is 536 g/mol. The quantitative estimate of drug-likeness (QED) is 0.320. The minimum Gasteiger partial charge on any atom is -0.207 e. The minimum absolute atomic E-state index is 0.248. The molecule has 0 unspecified atom stereocenters. The molecule has 6 rings (SSSR count). The first-order chi connectivity index (χ1) is 16.1. The van der Waals surface area contributed by atoms with Crippen molar-refractivity contribution in [2.45, 2.75) is 38.5 Å². The van der Waals surface area contributed by atoms with Gasteiger partial charge in [-0.3, -0.25) is 0 Å².